The van der Waals surface area contributed by atoms with Crippen molar-refractivity contribution in [2.45, 2.75) is 0 Å². The Balaban J connectivity index is 0.000000150. The molecule has 271 valence electrons. The van der Waals surface area contributed by atoms with Crippen LogP contribution in [0.5, 0.6) is 0 Å². The van der Waals surface area contributed by atoms with Gasteiger partial charge in [0, 0.05) is 8.95 Å². The number of fused-ring (bicyclic) bond motifs is 4. The molecule has 0 amide bonds. The number of rotatable bonds is 4. The third-order valence-corrected chi connectivity index (χ3v) is 11.2. The van der Waals surface area contributed by atoms with Gasteiger partial charge in [-0.25, -0.2) is 0 Å². The van der Waals surface area contributed by atoms with Gasteiger partial charge in [0.25, 0.3) is 0 Å². The molecule has 57 heavy (non-hydrogen) atoms. The monoisotopic (exact) mass is 874 g/mol. The van der Waals surface area contributed by atoms with Crippen molar-refractivity contribution in [1.29, 1.82) is 0 Å². The molecule has 1 radical (unpaired) electrons. The van der Waals surface area contributed by atoms with Crippen molar-refractivity contribution in [1.82, 2.24) is 0 Å². The Bertz CT molecular complexity index is 2730. The maximum absolute atomic E-state index is 4.34. The first-order valence-electron chi connectivity index (χ1n) is 18.6. The van der Waals surface area contributed by atoms with Gasteiger partial charge in [0.2, 0.25) is 0 Å². The maximum atomic E-state index is 4.34. The van der Waals surface area contributed by atoms with Crippen LogP contribution in [-0.4, -0.2) is 7.64 Å². The van der Waals surface area contributed by atoms with E-state index in [2.05, 4.69) is 263 Å². The summed E-state index contributed by atoms with van der Waals surface area (Å²) in [6.45, 7) is 0. The molecule has 0 unspecified atom stereocenters. The summed E-state index contributed by atoms with van der Waals surface area (Å²) in [7, 11) is 4.34. The van der Waals surface area contributed by atoms with E-state index in [0.717, 1.165) is 8.95 Å². The predicted octanol–water partition coefficient (Wildman–Crippen LogP) is 16.4. The minimum absolute atomic E-state index is 1.09. The van der Waals surface area contributed by atoms with Crippen molar-refractivity contribution in [3.05, 3.63) is 215 Å². The first kappa shape index (κ1) is 38.3. The zero-order valence-corrected chi connectivity index (χ0v) is 34.9. The van der Waals surface area contributed by atoms with Crippen LogP contribution in [0.3, 0.4) is 0 Å². The van der Waals surface area contributed by atoms with E-state index in [9.17, 15) is 0 Å². The summed E-state index contributed by atoms with van der Waals surface area (Å²) < 4.78 is 4.88. The Kier molecular flexibility index (Phi) is 11.9. The molecule has 10 aromatic carbocycles. The van der Waals surface area contributed by atoms with E-state index < -0.39 is 0 Å². The molecule has 0 saturated carbocycles. The molecule has 0 saturated heterocycles. The molecule has 0 spiro atoms. The number of benzene rings is 10. The van der Waals surface area contributed by atoms with E-state index >= 15 is 0 Å². The Labute approximate surface area is 357 Å². The van der Waals surface area contributed by atoms with Gasteiger partial charge in [0.1, 0.15) is 0 Å². The fourth-order valence-corrected chi connectivity index (χ4v) is 8.69. The summed E-state index contributed by atoms with van der Waals surface area (Å²) in [5.41, 5.74) is 10.2. The second-order valence-corrected chi connectivity index (χ2v) is 15.6. The van der Waals surface area contributed by atoms with E-state index in [4.69, 9.17) is 0 Å². The molecule has 5 heteroatoms. The molecular formula is C52H35BBr2NS. The molecule has 0 aliphatic carbocycles. The van der Waals surface area contributed by atoms with Crippen molar-refractivity contribution >= 4 is 95.4 Å². The quantitative estimate of drug-likeness (QED) is 0.103. The summed E-state index contributed by atoms with van der Waals surface area (Å²) >= 11 is 10.6. The third-order valence-electron chi connectivity index (χ3n) is 10.2. The largest absolute Gasteiger partial charge is 0.0622 e. The Hall–Kier alpha value is -5.59. The van der Waals surface area contributed by atoms with E-state index in [-0.39, 0.29) is 0 Å². The van der Waals surface area contributed by atoms with Crippen LogP contribution in [0.15, 0.2) is 220 Å². The Morgan fingerprint density at radius 1 is 0.298 bits per heavy atom. The van der Waals surface area contributed by atoms with Gasteiger partial charge in [0.15, 0.2) is 0 Å². The standard InChI is InChI=1S/C26H16Br2.C26H18.BHNS/c27-19-12-14-22-23(15-19)25(17-7-3-1-4-8-17)21-13-11-20(28)16-24(21)26(22)18-9-5-2-6-10-18;1-3-11-19(12-4-1)25-21-15-7-9-17-23(21)26(20-13-5-2-6-14-20)24-18-10-8-16-22(24)25;1-2-3/h1-16H;1-18H;3H. The van der Waals surface area contributed by atoms with Gasteiger partial charge in [-0.1, -0.05) is 214 Å². The third kappa shape index (κ3) is 7.89. The van der Waals surface area contributed by atoms with Crippen molar-refractivity contribution in [3.63, 3.8) is 0 Å². The number of thiol groups is 1. The first-order chi connectivity index (χ1) is 28.1. The molecule has 0 heterocycles. The van der Waals surface area contributed by atoms with Gasteiger partial charge in [-0.15, -0.1) is 0 Å². The molecule has 1 nitrogen and oxygen atoms in total. The minimum atomic E-state index is 1.09. The first-order valence-corrected chi connectivity index (χ1v) is 20.6. The van der Waals surface area contributed by atoms with E-state index in [1.165, 1.54) is 87.6 Å². The molecular weight excluding hydrogens is 841 g/mol. The van der Waals surface area contributed by atoms with Crippen molar-refractivity contribution in [3.8, 4) is 44.5 Å². The fourth-order valence-electron chi connectivity index (χ4n) is 7.96. The molecule has 0 fully saturated rings. The molecule has 0 bridgehead atoms. The second kappa shape index (κ2) is 17.7. The van der Waals surface area contributed by atoms with Crippen LogP contribution < -0.4 is 0 Å². The number of halogens is 2. The molecule has 10 rings (SSSR count). The van der Waals surface area contributed by atoms with Crippen molar-refractivity contribution in [2.24, 2.45) is 4.30 Å². The smallest absolute Gasteiger partial charge is 0.00264 e. The summed E-state index contributed by atoms with van der Waals surface area (Å²) in [4.78, 5) is 0. The fraction of sp³-hybridized carbons (Fsp3) is 0. The average molecular weight is 877 g/mol. The summed E-state index contributed by atoms with van der Waals surface area (Å²) in [5, 5.41) is 10.3. The van der Waals surface area contributed by atoms with Gasteiger partial charge in [-0.2, -0.15) is 0 Å². The zero-order valence-electron chi connectivity index (χ0n) is 30.9. The van der Waals surface area contributed by atoms with Crippen LogP contribution in [-0.2, 0) is 0 Å². The van der Waals surface area contributed by atoms with Crippen LogP contribution >= 0.6 is 44.7 Å². The van der Waals surface area contributed by atoms with Crippen LogP contribution in [0, 0.1) is 0 Å². The summed E-state index contributed by atoms with van der Waals surface area (Å²) in [6, 6.07) is 73.5. The van der Waals surface area contributed by atoms with Crippen LogP contribution in [0.25, 0.3) is 87.6 Å². The number of nitrogens with zero attached hydrogens (tertiary/aromatic N) is 1. The summed E-state index contributed by atoms with van der Waals surface area (Å²) in [5.74, 6) is 0. The SMILES string of the molecule is Brc1ccc2c(-c3ccccc3)c3cc(Br)ccc3c(-c3ccccc3)c2c1.[B]=NS.c1ccc(-c2c3ccccc3c(-c3ccccc3)c3ccccc23)cc1. The van der Waals surface area contributed by atoms with E-state index in [1.807, 2.05) is 0 Å². The number of hydrogen-bond donors (Lipinski definition) is 1. The summed E-state index contributed by atoms with van der Waals surface area (Å²) in [6.07, 6.45) is 0. The normalized spacial score (nSPS) is 10.8. The topological polar surface area (TPSA) is 12.4 Å². The van der Waals surface area contributed by atoms with Crippen LogP contribution in [0.4, 0.5) is 0 Å². The average Bonchev–Trinajstić information content (AvgIpc) is 3.26. The van der Waals surface area contributed by atoms with E-state index in [0.29, 0.717) is 0 Å². The Morgan fingerprint density at radius 3 is 0.772 bits per heavy atom. The minimum Gasteiger partial charge on any atom is -0.0622 e. The van der Waals surface area contributed by atoms with Gasteiger partial charge in [-0.05, 0) is 112 Å². The predicted molar refractivity (Wildman–Crippen MR) is 257 cm³/mol. The van der Waals surface area contributed by atoms with Gasteiger partial charge >= 0.3 is 24.8 Å². The van der Waals surface area contributed by atoms with E-state index in [1.54, 1.807) is 0 Å². The number of hydrogen-bond acceptors (Lipinski definition) is 2. The van der Waals surface area contributed by atoms with Crippen molar-refractivity contribution in [2.75, 3.05) is 0 Å². The molecule has 0 aromatic heterocycles. The van der Waals surface area contributed by atoms with Gasteiger partial charge in [-0.3, -0.25) is 0 Å². The van der Waals surface area contributed by atoms with Crippen LogP contribution in [0.2, 0.25) is 0 Å². The second-order valence-electron chi connectivity index (χ2n) is 13.6. The van der Waals surface area contributed by atoms with Crippen LogP contribution in [0.1, 0.15) is 0 Å². The van der Waals surface area contributed by atoms with Gasteiger partial charge < -0.3 is 0 Å². The van der Waals surface area contributed by atoms with Crippen molar-refractivity contribution < 1.29 is 0 Å². The van der Waals surface area contributed by atoms with Gasteiger partial charge in [0.05, 0.1) is 0 Å². The molecule has 0 atom stereocenters. The molecule has 10 aromatic rings. The zero-order chi connectivity index (χ0) is 39.1. The maximum Gasteiger partial charge on any atom is -0.00264 e. The molecule has 0 N–H and O–H groups in total. The molecule has 0 aliphatic rings. The molecule has 0 aliphatic heterocycles. The Morgan fingerprint density at radius 2 is 0.509 bits per heavy atom.